The highest BCUT2D eigenvalue weighted by Gasteiger charge is 2.39. The Balaban J connectivity index is 1.62. The van der Waals surface area contributed by atoms with Gasteiger partial charge in [0.2, 0.25) is 5.92 Å². The van der Waals surface area contributed by atoms with Crippen LogP contribution >= 0.6 is 0 Å². The predicted octanol–water partition coefficient (Wildman–Crippen LogP) is 4.47. The summed E-state index contributed by atoms with van der Waals surface area (Å²) < 4.78 is 45.1. The number of halogens is 2. The number of fused-ring (bicyclic) bond motifs is 1. The summed E-state index contributed by atoms with van der Waals surface area (Å²) in [5.74, 6) is -2.70. The lowest BCUT2D eigenvalue weighted by atomic mass is 9.81. The van der Waals surface area contributed by atoms with Crippen LogP contribution in [0, 0.1) is 5.92 Å². The van der Waals surface area contributed by atoms with Crippen molar-refractivity contribution in [1.82, 2.24) is 25.1 Å². The molecule has 3 aromatic rings. The van der Waals surface area contributed by atoms with Gasteiger partial charge in [-0.05, 0) is 63.3 Å². The van der Waals surface area contributed by atoms with Crippen LogP contribution < -0.4 is 5.32 Å². The lowest BCUT2D eigenvalue weighted by Crippen LogP contribution is -2.38. The van der Waals surface area contributed by atoms with Crippen LogP contribution in [0.5, 0.6) is 0 Å². The highest BCUT2D eigenvalue weighted by Crippen LogP contribution is 2.41. The van der Waals surface area contributed by atoms with Crippen molar-refractivity contribution in [2.24, 2.45) is 17.4 Å². The molecule has 0 spiro atoms. The predicted molar refractivity (Wildman–Crippen MR) is 132 cm³/mol. The summed E-state index contributed by atoms with van der Waals surface area (Å²) >= 11 is -1.38. The van der Waals surface area contributed by atoms with E-state index in [1.54, 1.807) is 19.3 Å². The van der Waals surface area contributed by atoms with Gasteiger partial charge in [0.1, 0.15) is 27.6 Å². The molecule has 188 valence electrons. The summed E-state index contributed by atoms with van der Waals surface area (Å²) in [7, 11) is 1.67. The highest BCUT2D eigenvalue weighted by molar-refractivity contribution is 7.91. The van der Waals surface area contributed by atoms with Gasteiger partial charge < -0.3 is 14.9 Å². The summed E-state index contributed by atoms with van der Waals surface area (Å²) in [5.41, 5.74) is 2.50. The number of H-pyrrole nitrogens is 1. The summed E-state index contributed by atoms with van der Waals surface area (Å²) in [6.45, 7) is 5.56. The van der Waals surface area contributed by atoms with Crippen molar-refractivity contribution in [3.8, 4) is 0 Å². The second-order valence-corrected chi connectivity index (χ2v) is 11.9. The van der Waals surface area contributed by atoms with Crippen LogP contribution in [0.3, 0.4) is 0 Å². The maximum Gasteiger partial charge on any atom is 0.270 e. The van der Waals surface area contributed by atoms with Crippen LogP contribution in [-0.4, -0.2) is 47.1 Å². The lowest BCUT2D eigenvalue weighted by Gasteiger charge is -2.33. The van der Waals surface area contributed by atoms with Gasteiger partial charge in [-0.3, -0.25) is 9.48 Å². The Hall–Kier alpha value is -2.79. The molecular weight excluding hydrogens is 474 g/mol. The Morgan fingerprint density at radius 3 is 2.69 bits per heavy atom. The van der Waals surface area contributed by atoms with Crippen molar-refractivity contribution in [3.63, 3.8) is 0 Å². The van der Waals surface area contributed by atoms with E-state index in [2.05, 4.69) is 19.8 Å². The van der Waals surface area contributed by atoms with E-state index in [4.69, 9.17) is 4.98 Å². The first-order valence-corrected chi connectivity index (χ1v) is 12.7. The number of aryl methyl sites for hydroxylation is 1. The number of imidazole rings is 1. The molecule has 2 atom stereocenters. The van der Waals surface area contributed by atoms with E-state index in [0.717, 1.165) is 11.1 Å². The fourth-order valence-electron chi connectivity index (χ4n) is 4.15. The minimum absolute atomic E-state index is 0.192. The lowest BCUT2D eigenvalue weighted by molar-refractivity contribution is -0.0496. The average molecular weight is 505 g/mol. The number of hydrogen-bond donors (Lipinski definition) is 2. The van der Waals surface area contributed by atoms with Crippen molar-refractivity contribution >= 4 is 34.5 Å². The number of aromatic amines is 1. The number of nitrogens with zero attached hydrogens (tertiary/aromatic N) is 4. The molecular formula is C24H30F2N6O2S. The van der Waals surface area contributed by atoms with Gasteiger partial charge in [-0.1, -0.05) is 10.5 Å². The minimum atomic E-state index is -2.68. The summed E-state index contributed by atoms with van der Waals surface area (Å²) in [5, 5.41) is 7.04. The zero-order chi connectivity index (χ0) is 25.4. The van der Waals surface area contributed by atoms with Gasteiger partial charge >= 0.3 is 0 Å². The van der Waals surface area contributed by atoms with Crippen LogP contribution in [0.25, 0.3) is 11.0 Å². The maximum atomic E-state index is 13.8. The van der Waals surface area contributed by atoms with E-state index < -0.39 is 28.1 Å². The Labute approximate surface area is 205 Å². The van der Waals surface area contributed by atoms with Crippen molar-refractivity contribution in [2.45, 2.75) is 63.2 Å². The number of amides is 1. The van der Waals surface area contributed by atoms with E-state index in [-0.39, 0.29) is 37.5 Å². The van der Waals surface area contributed by atoms with Crippen LogP contribution in [0.15, 0.2) is 34.9 Å². The van der Waals surface area contributed by atoms with Crippen LogP contribution in [0.4, 0.5) is 8.78 Å². The van der Waals surface area contributed by atoms with E-state index in [9.17, 15) is 18.1 Å². The number of nitrogens with one attached hydrogen (secondary N) is 2. The number of hydrogen-bond acceptors (Lipinski definition) is 5. The smallest absolute Gasteiger partial charge is 0.270 e. The zero-order valence-electron chi connectivity index (χ0n) is 20.2. The molecule has 1 aliphatic carbocycles. The average Bonchev–Trinajstić information content (AvgIpc) is 3.40. The van der Waals surface area contributed by atoms with Crippen LogP contribution in [0.1, 0.15) is 74.4 Å². The molecule has 1 aromatic carbocycles. The second-order valence-electron chi connectivity index (χ2n) is 9.98. The molecule has 35 heavy (non-hydrogen) atoms. The van der Waals surface area contributed by atoms with Gasteiger partial charge in [-0.25, -0.2) is 13.8 Å². The molecule has 1 unspecified atom stereocenters. The molecule has 2 aromatic heterocycles. The quantitative estimate of drug-likeness (QED) is 0.381. The summed E-state index contributed by atoms with van der Waals surface area (Å²) in [6, 6.07) is 6.52. The number of rotatable bonds is 6. The molecule has 2 heterocycles. The fraction of sp³-hybridized carbons (Fsp3) is 0.500. The molecule has 11 heteroatoms. The SMILES string of the molecule is Cn1nccc1C(=O)NC(c1nc2cc(/C=N/[S@@+]([O-])C(C)(C)C)ccc2[nH]1)C1CCC(F)(F)CC1. The third-order valence-corrected chi connectivity index (χ3v) is 7.56. The van der Waals surface area contributed by atoms with E-state index in [0.29, 0.717) is 17.0 Å². The second kappa shape index (κ2) is 9.69. The minimum Gasteiger partial charge on any atom is -0.591 e. The molecule has 0 saturated heterocycles. The van der Waals surface area contributed by atoms with Crippen molar-refractivity contribution < 1.29 is 18.1 Å². The van der Waals surface area contributed by atoms with Crippen molar-refractivity contribution in [1.29, 1.82) is 0 Å². The molecule has 0 radical (unpaired) electrons. The first kappa shape index (κ1) is 25.3. The number of carbonyl (C=O) groups is 1. The molecule has 0 bridgehead atoms. The van der Waals surface area contributed by atoms with Gasteiger partial charge in [0.15, 0.2) is 0 Å². The van der Waals surface area contributed by atoms with Crippen molar-refractivity contribution in [3.05, 3.63) is 47.5 Å². The summed E-state index contributed by atoms with van der Waals surface area (Å²) in [6.07, 6.45) is 3.19. The zero-order valence-corrected chi connectivity index (χ0v) is 21.0. The van der Waals surface area contributed by atoms with Crippen molar-refractivity contribution in [2.75, 3.05) is 0 Å². The molecule has 2 N–H and O–H groups in total. The third kappa shape index (κ3) is 5.90. The Bertz CT molecular complexity index is 1220. The third-order valence-electron chi connectivity index (χ3n) is 6.21. The van der Waals surface area contributed by atoms with Gasteiger partial charge in [0.05, 0.1) is 23.3 Å². The highest BCUT2D eigenvalue weighted by atomic mass is 32.2. The molecule has 8 nitrogen and oxygen atoms in total. The molecule has 1 aliphatic rings. The Kier molecular flexibility index (Phi) is 7.01. The number of alkyl halides is 2. The molecule has 1 amide bonds. The first-order valence-electron chi connectivity index (χ1n) is 11.6. The van der Waals surface area contributed by atoms with Gasteiger partial charge in [0.25, 0.3) is 5.91 Å². The standard InChI is InChI=1S/C24H30F2N6O2S/c1-23(2,3)35(34)28-14-15-5-6-17-18(13-15)30-21(29-17)20(16-7-10-24(25,26)11-8-16)31-22(33)19-9-12-27-32(19)4/h5-6,9,12-14,16,20H,7-8,10-11H2,1-4H3,(H,29,30)(H,31,33)/b28-14+/t20?,35-/m0/s1. The van der Waals surface area contributed by atoms with Gasteiger partial charge in [-0.2, -0.15) is 5.10 Å². The fourth-order valence-corrected chi connectivity index (χ4v) is 4.69. The Morgan fingerprint density at radius 1 is 1.34 bits per heavy atom. The van der Waals surface area contributed by atoms with E-state index in [1.807, 2.05) is 39.0 Å². The number of aromatic nitrogens is 4. The largest absolute Gasteiger partial charge is 0.591 e. The van der Waals surface area contributed by atoms with Crippen LogP contribution in [0.2, 0.25) is 0 Å². The molecule has 4 rings (SSSR count). The van der Waals surface area contributed by atoms with E-state index >= 15 is 0 Å². The Morgan fingerprint density at radius 2 is 2.06 bits per heavy atom. The van der Waals surface area contributed by atoms with Crippen LogP contribution in [-0.2, 0) is 18.4 Å². The number of benzene rings is 1. The van der Waals surface area contributed by atoms with Gasteiger partial charge in [-0.15, -0.1) is 0 Å². The molecule has 1 fully saturated rings. The normalized spacial score (nSPS) is 18.7. The number of carbonyl (C=O) groups excluding carboxylic acids is 1. The molecule has 0 aliphatic heterocycles. The first-order chi connectivity index (χ1) is 16.4. The monoisotopic (exact) mass is 504 g/mol. The molecule has 1 saturated carbocycles. The van der Waals surface area contributed by atoms with E-state index in [1.165, 1.54) is 10.9 Å². The summed E-state index contributed by atoms with van der Waals surface area (Å²) in [4.78, 5) is 20.9. The topological polar surface area (TPSA) is 111 Å². The van der Waals surface area contributed by atoms with Gasteiger partial charge in [0, 0.05) is 26.1 Å². The maximum absolute atomic E-state index is 13.8.